The maximum atomic E-state index is 5.75. The molecular weight excluding hydrogens is 150 g/mol. The van der Waals surface area contributed by atoms with E-state index in [0.29, 0.717) is 12.0 Å². The molecule has 0 amide bonds. The zero-order valence-electron chi connectivity index (χ0n) is 7.16. The van der Waals surface area contributed by atoms with Gasteiger partial charge in [-0.2, -0.15) is 0 Å². The Hall–Kier alpha value is -1.02. The molecule has 0 aromatic heterocycles. The van der Waals surface area contributed by atoms with E-state index >= 15 is 0 Å². The Bertz CT molecular complexity index is 285. The second-order valence-corrected chi connectivity index (χ2v) is 3.28. The molecule has 2 heteroatoms. The first-order valence-corrected chi connectivity index (χ1v) is 4.21. The lowest BCUT2D eigenvalue weighted by Crippen LogP contribution is -2.00. The van der Waals surface area contributed by atoms with Gasteiger partial charge in [-0.3, -0.25) is 0 Å². The number of benzene rings is 1. The highest BCUT2D eigenvalue weighted by atomic mass is 16.5. The molecule has 0 heterocycles. The summed E-state index contributed by atoms with van der Waals surface area (Å²) in [7, 11) is 1.69. The van der Waals surface area contributed by atoms with E-state index in [0.717, 1.165) is 12.2 Å². The molecule has 1 saturated carbocycles. The zero-order valence-corrected chi connectivity index (χ0v) is 7.16. The molecule has 1 aromatic rings. The summed E-state index contributed by atoms with van der Waals surface area (Å²) in [6.07, 6.45) is 1.12. The van der Waals surface area contributed by atoms with Crippen LogP contribution in [0.1, 0.15) is 17.9 Å². The van der Waals surface area contributed by atoms with Crippen LogP contribution in [-0.4, -0.2) is 13.2 Å². The van der Waals surface area contributed by atoms with Crippen LogP contribution in [0.25, 0.3) is 0 Å². The minimum Gasteiger partial charge on any atom is -0.497 e. The minimum atomic E-state index is 0.372. The van der Waals surface area contributed by atoms with E-state index in [2.05, 4.69) is 12.1 Å². The van der Waals surface area contributed by atoms with Crippen LogP contribution in [0.2, 0.25) is 0 Å². The fourth-order valence-corrected chi connectivity index (χ4v) is 1.47. The Kier molecular flexibility index (Phi) is 1.77. The molecule has 0 aliphatic heterocycles. The molecule has 12 heavy (non-hydrogen) atoms. The number of ether oxygens (including phenoxy) is 1. The van der Waals surface area contributed by atoms with Gasteiger partial charge in [-0.05, 0) is 24.1 Å². The summed E-state index contributed by atoms with van der Waals surface area (Å²) in [5, 5.41) is 0. The summed E-state index contributed by atoms with van der Waals surface area (Å²) in [4.78, 5) is 0. The summed E-state index contributed by atoms with van der Waals surface area (Å²) >= 11 is 0. The third-order valence-electron chi connectivity index (χ3n) is 2.36. The van der Waals surface area contributed by atoms with Crippen molar-refractivity contribution in [3.63, 3.8) is 0 Å². The number of nitrogens with two attached hydrogens (primary N) is 1. The van der Waals surface area contributed by atoms with Crippen molar-refractivity contribution < 1.29 is 4.74 Å². The maximum Gasteiger partial charge on any atom is 0.119 e. The van der Waals surface area contributed by atoms with E-state index < -0.39 is 0 Å². The molecule has 1 aliphatic rings. The molecule has 1 aromatic carbocycles. The van der Waals surface area contributed by atoms with Crippen molar-refractivity contribution in [2.45, 2.75) is 18.4 Å². The molecule has 0 saturated heterocycles. The van der Waals surface area contributed by atoms with Gasteiger partial charge < -0.3 is 10.5 Å². The van der Waals surface area contributed by atoms with E-state index in [1.165, 1.54) is 5.56 Å². The molecular formula is C10H13NO. The Balaban J connectivity index is 2.21. The number of hydrogen-bond acceptors (Lipinski definition) is 2. The van der Waals surface area contributed by atoms with Crippen LogP contribution < -0.4 is 10.5 Å². The van der Waals surface area contributed by atoms with Crippen molar-refractivity contribution in [2.24, 2.45) is 5.73 Å². The molecule has 2 rings (SSSR count). The molecule has 0 bridgehead atoms. The Morgan fingerprint density at radius 1 is 1.50 bits per heavy atom. The Morgan fingerprint density at radius 2 is 2.25 bits per heavy atom. The van der Waals surface area contributed by atoms with Gasteiger partial charge in [0, 0.05) is 12.0 Å². The normalized spacial score (nSPS) is 26.8. The van der Waals surface area contributed by atoms with E-state index in [4.69, 9.17) is 10.5 Å². The largest absolute Gasteiger partial charge is 0.497 e. The van der Waals surface area contributed by atoms with Crippen molar-refractivity contribution in [1.29, 1.82) is 0 Å². The summed E-state index contributed by atoms with van der Waals surface area (Å²) in [6, 6.07) is 8.52. The highest BCUT2D eigenvalue weighted by Crippen LogP contribution is 2.39. The lowest BCUT2D eigenvalue weighted by atomic mass is 10.1. The number of rotatable bonds is 2. The number of methoxy groups -OCH3 is 1. The van der Waals surface area contributed by atoms with Crippen molar-refractivity contribution >= 4 is 0 Å². The maximum absolute atomic E-state index is 5.75. The summed E-state index contributed by atoms with van der Waals surface area (Å²) < 4.78 is 5.13. The van der Waals surface area contributed by atoms with Gasteiger partial charge >= 0.3 is 0 Å². The first-order chi connectivity index (χ1) is 5.81. The van der Waals surface area contributed by atoms with Gasteiger partial charge in [0.05, 0.1) is 7.11 Å². The Morgan fingerprint density at radius 3 is 2.83 bits per heavy atom. The molecule has 2 atom stereocenters. The molecule has 0 spiro atoms. The van der Waals surface area contributed by atoms with Crippen molar-refractivity contribution in [3.05, 3.63) is 29.8 Å². The molecule has 1 aliphatic carbocycles. The van der Waals surface area contributed by atoms with E-state index in [-0.39, 0.29) is 0 Å². The molecule has 1 unspecified atom stereocenters. The third-order valence-corrected chi connectivity index (χ3v) is 2.36. The second kappa shape index (κ2) is 2.79. The average molecular weight is 163 g/mol. The first-order valence-electron chi connectivity index (χ1n) is 4.21. The van der Waals surface area contributed by atoms with Gasteiger partial charge in [-0.25, -0.2) is 0 Å². The van der Waals surface area contributed by atoms with Crippen molar-refractivity contribution in [2.75, 3.05) is 7.11 Å². The molecule has 2 nitrogen and oxygen atoms in total. The van der Waals surface area contributed by atoms with Gasteiger partial charge in [0.15, 0.2) is 0 Å². The van der Waals surface area contributed by atoms with Crippen LogP contribution in [0.3, 0.4) is 0 Å². The third kappa shape index (κ3) is 1.30. The fourth-order valence-electron chi connectivity index (χ4n) is 1.47. The molecule has 0 radical (unpaired) electrons. The molecule has 2 N–H and O–H groups in total. The lowest BCUT2D eigenvalue weighted by Gasteiger charge is -2.02. The SMILES string of the molecule is COc1cccc(C2C[C@@H]2N)c1. The lowest BCUT2D eigenvalue weighted by molar-refractivity contribution is 0.414. The van der Waals surface area contributed by atoms with Crippen LogP contribution in [0, 0.1) is 0 Å². The average Bonchev–Trinajstić information content (AvgIpc) is 2.83. The highest BCUT2D eigenvalue weighted by molar-refractivity contribution is 5.34. The van der Waals surface area contributed by atoms with Gasteiger partial charge in [0.2, 0.25) is 0 Å². The first kappa shape index (κ1) is 7.62. The van der Waals surface area contributed by atoms with Crippen LogP contribution >= 0.6 is 0 Å². The fraction of sp³-hybridized carbons (Fsp3) is 0.400. The van der Waals surface area contributed by atoms with Crippen LogP contribution in [-0.2, 0) is 0 Å². The quantitative estimate of drug-likeness (QED) is 0.717. The standard InChI is InChI=1S/C10H13NO/c1-12-8-4-2-3-7(5-8)9-6-10(9)11/h2-5,9-10H,6,11H2,1H3/t9?,10-/m0/s1. The predicted octanol–water partition coefficient (Wildman–Crippen LogP) is 1.51. The van der Waals surface area contributed by atoms with Gasteiger partial charge in [-0.15, -0.1) is 0 Å². The predicted molar refractivity (Wildman–Crippen MR) is 48.3 cm³/mol. The topological polar surface area (TPSA) is 35.2 Å². The summed E-state index contributed by atoms with van der Waals surface area (Å²) in [6.45, 7) is 0. The van der Waals surface area contributed by atoms with E-state index in [9.17, 15) is 0 Å². The highest BCUT2D eigenvalue weighted by Gasteiger charge is 2.34. The summed E-state index contributed by atoms with van der Waals surface area (Å²) in [5.41, 5.74) is 7.06. The minimum absolute atomic E-state index is 0.372. The van der Waals surface area contributed by atoms with Crippen molar-refractivity contribution in [1.82, 2.24) is 0 Å². The van der Waals surface area contributed by atoms with E-state index in [1.807, 2.05) is 12.1 Å². The van der Waals surface area contributed by atoms with Crippen LogP contribution in [0.15, 0.2) is 24.3 Å². The molecule has 1 fully saturated rings. The van der Waals surface area contributed by atoms with Gasteiger partial charge in [0.25, 0.3) is 0 Å². The Labute approximate surface area is 72.3 Å². The summed E-state index contributed by atoms with van der Waals surface area (Å²) in [5.74, 6) is 1.49. The van der Waals surface area contributed by atoms with E-state index in [1.54, 1.807) is 7.11 Å². The van der Waals surface area contributed by atoms with Crippen LogP contribution in [0.4, 0.5) is 0 Å². The molecule has 64 valence electrons. The van der Waals surface area contributed by atoms with Crippen molar-refractivity contribution in [3.8, 4) is 5.75 Å². The van der Waals surface area contributed by atoms with Gasteiger partial charge in [-0.1, -0.05) is 12.1 Å². The van der Waals surface area contributed by atoms with Crippen LogP contribution in [0.5, 0.6) is 5.75 Å². The zero-order chi connectivity index (χ0) is 8.55. The monoisotopic (exact) mass is 163 g/mol. The smallest absolute Gasteiger partial charge is 0.119 e. The number of hydrogen-bond donors (Lipinski definition) is 1. The van der Waals surface area contributed by atoms with Gasteiger partial charge in [0.1, 0.15) is 5.75 Å². The second-order valence-electron chi connectivity index (χ2n) is 3.28.